The lowest BCUT2D eigenvalue weighted by Crippen LogP contribution is -2.13. The van der Waals surface area contributed by atoms with Crippen LogP contribution in [0.5, 0.6) is 0 Å². The van der Waals surface area contributed by atoms with Gasteiger partial charge in [0.2, 0.25) is 0 Å². The lowest BCUT2D eigenvalue weighted by Gasteiger charge is -2.22. The zero-order valence-corrected chi connectivity index (χ0v) is 12.0. The lowest BCUT2D eigenvalue weighted by atomic mass is 9.83. The van der Waals surface area contributed by atoms with E-state index in [9.17, 15) is 0 Å². The van der Waals surface area contributed by atoms with Crippen LogP contribution < -0.4 is 0 Å². The van der Waals surface area contributed by atoms with Crippen molar-refractivity contribution in [3.05, 3.63) is 40.4 Å². The van der Waals surface area contributed by atoms with E-state index >= 15 is 0 Å². The molecule has 0 atom stereocenters. The zero-order chi connectivity index (χ0) is 12.6. The van der Waals surface area contributed by atoms with Gasteiger partial charge in [0.1, 0.15) is 5.01 Å². The topological polar surface area (TPSA) is 12.9 Å². The van der Waals surface area contributed by atoms with E-state index in [2.05, 4.69) is 57.8 Å². The van der Waals surface area contributed by atoms with Crippen molar-refractivity contribution in [2.24, 2.45) is 0 Å². The molecule has 2 aromatic rings. The van der Waals surface area contributed by atoms with Crippen LogP contribution >= 0.6 is 11.3 Å². The van der Waals surface area contributed by atoms with E-state index in [4.69, 9.17) is 0 Å². The molecule has 17 heavy (non-hydrogen) atoms. The van der Waals surface area contributed by atoms with Crippen molar-refractivity contribution in [3.63, 3.8) is 0 Å². The molecule has 0 aliphatic carbocycles. The van der Waals surface area contributed by atoms with Gasteiger partial charge >= 0.3 is 0 Å². The Kier molecular flexibility index (Phi) is 3.09. The molecule has 0 bridgehead atoms. The van der Waals surface area contributed by atoms with Gasteiger partial charge in [-0.25, -0.2) is 4.98 Å². The van der Waals surface area contributed by atoms with Crippen molar-refractivity contribution in [2.45, 2.75) is 40.0 Å². The third-order valence-electron chi connectivity index (χ3n) is 2.99. The van der Waals surface area contributed by atoms with Crippen LogP contribution in [0.3, 0.4) is 0 Å². The Bertz CT molecular complexity index is 532. The fourth-order valence-electron chi connectivity index (χ4n) is 2.16. The minimum Gasteiger partial charge on any atom is -0.244 e. The molecule has 0 spiro atoms. The van der Waals surface area contributed by atoms with Gasteiger partial charge in [-0.15, -0.1) is 11.3 Å². The van der Waals surface area contributed by atoms with Crippen LogP contribution in [0.1, 0.15) is 36.8 Å². The number of aromatic nitrogens is 1. The summed E-state index contributed by atoms with van der Waals surface area (Å²) in [5, 5.41) is 1.13. The van der Waals surface area contributed by atoms with Crippen molar-refractivity contribution in [1.82, 2.24) is 4.98 Å². The average Bonchev–Trinajstić information content (AvgIpc) is 2.63. The van der Waals surface area contributed by atoms with Crippen molar-refractivity contribution >= 4 is 11.3 Å². The number of hydrogen-bond donors (Lipinski definition) is 0. The highest BCUT2D eigenvalue weighted by Crippen LogP contribution is 2.33. The summed E-state index contributed by atoms with van der Waals surface area (Å²) in [5.74, 6) is 0. The summed E-state index contributed by atoms with van der Waals surface area (Å²) in [7, 11) is 0. The Morgan fingerprint density at radius 3 is 2.35 bits per heavy atom. The van der Waals surface area contributed by atoms with Gasteiger partial charge in [0.05, 0.1) is 0 Å². The maximum atomic E-state index is 4.49. The number of rotatable bonds is 1. The highest BCUT2D eigenvalue weighted by molar-refractivity contribution is 7.14. The molecule has 1 nitrogen and oxygen atoms in total. The molecule has 90 valence electrons. The largest absolute Gasteiger partial charge is 0.244 e. The van der Waals surface area contributed by atoms with Crippen molar-refractivity contribution < 1.29 is 0 Å². The van der Waals surface area contributed by atoms with Gasteiger partial charge in [0.15, 0.2) is 0 Å². The Hall–Kier alpha value is -1.15. The Morgan fingerprint density at radius 1 is 1.12 bits per heavy atom. The van der Waals surface area contributed by atoms with E-state index < -0.39 is 0 Å². The quantitative estimate of drug-likeness (QED) is 0.708. The predicted molar refractivity (Wildman–Crippen MR) is 75.7 cm³/mol. The van der Waals surface area contributed by atoms with Gasteiger partial charge in [-0.2, -0.15) is 0 Å². The molecule has 0 aliphatic heterocycles. The minimum atomic E-state index is 0.187. The third kappa shape index (κ3) is 2.42. The first-order chi connectivity index (χ1) is 7.89. The van der Waals surface area contributed by atoms with Crippen LogP contribution in [0.25, 0.3) is 10.6 Å². The first-order valence-corrected chi connectivity index (χ1v) is 6.74. The second-order valence-corrected chi connectivity index (χ2v) is 6.74. The summed E-state index contributed by atoms with van der Waals surface area (Å²) in [6.07, 6.45) is 1.95. The standard InChI is InChI=1S/C15H19NS/c1-10-9-16-14(17-10)12-7-6-8-13(11(12)2)15(3,4)5/h6-9H,1-5H3. The van der Waals surface area contributed by atoms with E-state index in [1.54, 1.807) is 11.3 Å². The molecule has 0 amide bonds. The van der Waals surface area contributed by atoms with E-state index in [0.717, 1.165) is 5.01 Å². The Labute approximate surface area is 108 Å². The molecular formula is C15H19NS. The lowest BCUT2D eigenvalue weighted by molar-refractivity contribution is 0.586. The molecule has 1 heterocycles. The smallest absolute Gasteiger partial charge is 0.123 e. The van der Waals surface area contributed by atoms with Crippen molar-refractivity contribution in [3.8, 4) is 10.6 Å². The van der Waals surface area contributed by atoms with Crippen LogP contribution in [-0.2, 0) is 5.41 Å². The van der Waals surface area contributed by atoms with Gasteiger partial charge in [-0.3, -0.25) is 0 Å². The highest BCUT2D eigenvalue weighted by Gasteiger charge is 2.18. The van der Waals surface area contributed by atoms with Crippen LogP contribution in [0.15, 0.2) is 24.4 Å². The van der Waals surface area contributed by atoms with E-state index in [1.165, 1.54) is 21.6 Å². The van der Waals surface area contributed by atoms with Crippen LogP contribution in [0.4, 0.5) is 0 Å². The molecular weight excluding hydrogens is 226 g/mol. The van der Waals surface area contributed by atoms with Crippen molar-refractivity contribution in [2.75, 3.05) is 0 Å². The van der Waals surface area contributed by atoms with Crippen molar-refractivity contribution in [1.29, 1.82) is 0 Å². The number of aryl methyl sites for hydroxylation is 1. The predicted octanol–water partition coefficient (Wildman–Crippen LogP) is 4.72. The molecule has 1 aromatic heterocycles. The molecule has 0 saturated heterocycles. The van der Waals surface area contributed by atoms with E-state index in [-0.39, 0.29) is 5.41 Å². The molecule has 0 unspecified atom stereocenters. The Balaban J connectivity index is 2.57. The summed E-state index contributed by atoms with van der Waals surface area (Å²) in [5.41, 5.74) is 4.22. The number of hydrogen-bond acceptors (Lipinski definition) is 2. The monoisotopic (exact) mass is 245 g/mol. The SMILES string of the molecule is Cc1cnc(-c2cccc(C(C)(C)C)c2C)s1. The summed E-state index contributed by atoms with van der Waals surface area (Å²) in [4.78, 5) is 5.75. The van der Waals surface area contributed by atoms with Gasteiger partial charge in [0, 0.05) is 16.6 Å². The number of thiazole rings is 1. The Morgan fingerprint density at radius 2 is 1.82 bits per heavy atom. The van der Waals surface area contributed by atoms with Gasteiger partial charge in [-0.1, -0.05) is 39.0 Å². The molecule has 0 fully saturated rings. The molecule has 2 rings (SSSR count). The van der Waals surface area contributed by atoms with Crippen LogP contribution in [-0.4, -0.2) is 4.98 Å². The van der Waals surface area contributed by atoms with Crippen LogP contribution in [0, 0.1) is 13.8 Å². The highest BCUT2D eigenvalue weighted by atomic mass is 32.1. The maximum Gasteiger partial charge on any atom is 0.123 e. The fourth-order valence-corrected chi connectivity index (χ4v) is 3.01. The molecule has 0 N–H and O–H groups in total. The molecule has 0 radical (unpaired) electrons. The zero-order valence-electron chi connectivity index (χ0n) is 11.2. The van der Waals surface area contributed by atoms with Gasteiger partial charge in [-0.05, 0) is 30.4 Å². The summed E-state index contributed by atoms with van der Waals surface area (Å²) >= 11 is 1.76. The number of benzene rings is 1. The maximum absolute atomic E-state index is 4.49. The average molecular weight is 245 g/mol. The minimum absolute atomic E-state index is 0.187. The van der Waals surface area contributed by atoms with E-state index in [0.29, 0.717) is 0 Å². The van der Waals surface area contributed by atoms with E-state index in [1.807, 2.05) is 6.20 Å². The first kappa shape index (κ1) is 12.3. The molecule has 0 saturated carbocycles. The summed E-state index contributed by atoms with van der Waals surface area (Å²) in [6, 6.07) is 6.53. The van der Waals surface area contributed by atoms with Crippen LogP contribution in [0.2, 0.25) is 0 Å². The number of nitrogens with zero attached hydrogens (tertiary/aromatic N) is 1. The molecule has 1 aromatic carbocycles. The first-order valence-electron chi connectivity index (χ1n) is 5.92. The summed E-state index contributed by atoms with van der Waals surface area (Å²) < 4.78 is 0. The fraction of sp³-hybridized carbons (Fsp3) is 0.400. The second-order valence-electron chi connectivity index (χ2n) is 5.50. The normalized spacial score (nSPS) is 11.8. The molecule has 2 heteroatoms. The molecule has 0 aliphatic rings. The third-order valence-corrected chi connectivity index (χ3v) is 3.94. The van der Waals surface area contributed by atoms with Gasteiger partial charge < -0.3 is 0 Å². The second kappa shape index (κ2) is 4.26. The van der Waals surface area contributed by atoms with Gasteiger partial charge in [0.25, 0.3) is 0 Å². The summed E-state index contributed by atoms with van der Waals surface area (Å²) in [6.45, 7) is 11.1.